The van der Waals surface area contributed by atoms with E-state index < -0.39 is 0 Å². The van der Waals surface area contributed by atoms with Gasteiger partial charge in [0.05, 0.1) is 16.7 Å². The van der Waals surface area contributed by atoms with Gasteiger partial charge in [0.25, 0.3) is 0 Å². The van der Waals surface area contributed by atoms with Crippen molar-refractivity contribution in [2.45, 2.75) is 20.0 Å². The third-order valence-electron chi connectivity index (χ3n) is 2.79. The van der Waals surface area contributed by atoms with Gasteiger partial charge < -0.3 is 19.3 Å². The highest BCUT2D eigenvalue weighted by atomic mass is 79.9. The highest BCUT2D eigenvalue weighted by Crippen LogP contribution is 2.39. The highest BCUT2D eigenvalue weighted by molar-refractivity contribution is 9.10. The Hall–Kier alpha value is -1.53. The second-order valence-corrected chi connectivity index (χ2v) is 5.20. The summed E-state index contributed by atoms with van der Waals surface area (Å²) in [6, 6.07) is 5.92. The molecular weight excluding hydrogens is 312 g/mol. The Morgan fingerprint density at radius 2 is 2.16 bits per heavy atom. The molecule has 3 rings (SSSR count). The predicted molar refractivity (Wildman–Crippen MR) is 72.0 cm³/mol. The van der Waals surface area contributed by atoms with E-state index in [0.29, 0.717) is 6.54 Å². The monoisotopic (exact) mass is 324 g/mol. The Kier molecular flexibility index (Phi) is 3.44. The van der Waals surface area contributed by atoms with Crippen LogP contribution in [-0.2, 0) is 13.1 Å². The minimum absolute atomic E-state index is 0.280. The van der Waals surface area contributed by atoms with Crippen LogP contribution in [0.2, 0.25) is 0 Å². The Labute approximate surface area is 119 Å². The van der Waals surface area contributed by atoms with Crippen molar-refractivity contribution in [2.75, 3.05) is 6.79 Å². The molecule has 0 atom stereocenters. The molecule has 0 saturated heterocycles. The first-order valence-electron chi connectivity index (χ1n) is 5.93. The number of aryl methyl sites for hydroxylation is 1. The second kappa shape index (κ2) is 5.22. The standard InChI is InChI=1S/C13H13BrN2O3/c1-8-2-10(19-16-8)6-15-5-9-3-11(14)13-12(4-9)17-7-18-13/h2-4,15H,5-7H2,1H3. The van der Waals surface area contributed by atoms with E-state index in [-0.39, 0.29) is 6.79 Å². The van der Waals surface area contributed by atoms with E-state index in [2.05, 4.69) is 26.4 Å². The summed E-state index contributed by atoms with van der Waals surface area (Å²) in [6.45, 7) is 3.55. The van der Waals surface area contributed by atoms with Crippen molar-refractivity contribution in [1.29, 1.82) is 0 Å². The summed E-state index contributed by atoms with van der Waals surface area (Å²) in [5, 5.41) is 7.14. The number of hydrogen-bond acceptors (Lipinski definition) is 5. The Morgan fingerprint density at radius 1 is 1.26 bits per heavy atom. The Morgan fingerprint density at radius 3 is 2.95 bits per heavy atom. The quantitative estimate of drug-likeness (QED) is 0.937. The number of halogens is 1. The van der Waals surface area contributed by atoms with Crippen LogP contribution in [0.5, 0.6) is 11.5 Å². The molecule has 0 fully saturated rings. The molecule has 1 aromatic carbocycles. The molecule has 1 N–H and O–H groups in total. The first-order valence-corrected chi connectivity index (χ1v) is 6.72. The maximum absolute atomic E-state index is 5.38. The smallest absolute Gasteiger partial charge is 0.231 e. The third-order valence-corrected chi connectivity index (χ3v) is 3.38. The van der Waals surface area contributed by atoms with Gasteiger partial charge in [-0.3, -0.25) is 0 Å². The Balaban J connectivity index is 1.63. The molecule has 0 bridgehead atoms. The normalized spacial score (nSPS) is 12.9. The van der Waals surface area contributed by atoms with Gasteiger partial charge in [-0.15, -0.1) is 0 Å². The van der Waals surface area contributed by atoms with Gasteiger partial charge >= 0.3 is 0 Å². The molecule has 5 nitrogen and oxygen atoms in total. The molecule has 2 heterocycles. The molecule has 0 amide bonds. The zero-order valence-electron chi connectivity index (χ0n) is 10.4. The minimum Gasteiger partial charge on any atom is -0.454 e. The van der Waals surface area contributed by atoms with Crippen LogP contribution < -0.4 is 14.8 Å². The average molecular weight is 325 g/mol. The van der Waals surface area contributed by atoms with Crippen LogP contribution >= 0.6 is 15.9 Å². The summed E-state index contributed by atoms with van der Waals surface area (Å²) in [7, 11) is 0. The number of nitrogens with one attached hydrogen (secondary N) is 1. The van der Waals surface area contributed by atoms with Gasteiger partial charge in [0.1, 0.15) is 0 Å². The van der Waals surface area contributed by atoms with E-state index in [4.69, 9.17) is 14.0 Å². The number of aromatic nitrogens is 1. The molecule has 0 aliphatic carbocycles. The highest BCUT2D eigenvalue weighted by Gasteiger charge is 2.17. The van der Waals surface area contributed by atoms with Crippen molar-refractivity contribution in [3.05, 3.63) is 39.7 Å². The van der Waals surface area contributed by atoms with Crippen LogP contribution in [0.15, 0.2) is 27.2 Å². The van der Waals surface area contributed by atoms with Crippen LogP contribution in [0.3, 0.4) is 0 Å². The van der Waals surface area contributed by atoms with Crippen molar-refractivity contribution in [1.82, 2.24) is 10.5 Å². The molecule has 6 heteroatoms. The molecule has 2 aromatic rings. The summed E-state index contributed by atoms with van der Waals surface area (Å²) < 4.78 is 16.8. The van der Waals surface area contributed by atoms with Gasteiger partial charge in [0, 0.05) is 12.6 Å². The van der Waals surface area contributed by atoms with Crippen LogP contribution in [0, 0.1) is 6.92 Å². The fourth-order valence-electron chi connectivity index (χ4n) is 1.95. The summed E-state index contributed by atoms with van der Waals surface area (Å²) in [6.07, 6.45) is 0. The molecule has 1 aliphatic rings. The zero-order valence-corrected chi connectivity index (χ0v) is 12.0. The number of rotatable bonds is 4. The first-order chi connectivity index (χ1) is 9.22. The molecule has 1 aliphatic heterocycles. The van der Waals surface area contributed by atoms with Crippen molar-refractivity contribution in [3.63, 3.8) is 0 Å². The fourth-order valence-corrected chi connectivity index (χ4v) is 2.56. The second-order valence-electron chi connectivity index (χ2n) is 4.35. The lowest BCUT2D eigenvalue weighted by Gasteiger charge is -2.06. The molecule has 19 heavy (non-hydrogen) atoms. The molecule has 1 aromatic heterocycles. The van der Waals surface area contributed by atoms with Crippen LogP contribution in [0.4, 0.5) is 0 Å². The maximum atomic E-state index is 5.38. The molecule has 100 valence electrons. The Bertz CT molecular complexity index is 598. The number of fused-ring (bicyclic) bond motifs is 1. The SMILES string of the molecule is Cc1cc(CNCc2cc(Br)c3c(c2)OCO3)on1. The van der Waals surface area contributed by atoms with Crippen molar-refractivity contribution in [2.24, 2.45) is 0 Å². The lowest BCUT2D eigenvalue weighted by Crippen LogP contribution is -2.12. The molecule has 0 radical (unpaired) electrons. The van der Waals surface area contributed by atoms with E-state index >= 15 is 0 Å². The van der Waals surface area contributed by atoms with Crippen LogP contribution in [0.25, 0.3) is 0 Å². The van der Waals surface area contributed by atoms with E-state index in [1.807, 2.05) is 25.1 Å². The fraction of sp³-hybridized carbons (Fsp3) is 0.308. The van der Waals surface area contributed by atoms with Crippen LogP contribution in [0.1, 0.15) is 17.0 Å². The minimum atomic E-state index is 0.280. The lowest BCUT2D eigenvalue weighted by molar-refractivity contribution is 0.173. The first kappa shape index (κ1) is 12.5. The van der Waals surface area contributed by atoms with Gasteiger partial charge in [-0.25, -0.2) is 0 Å². The summed E-state index contributed by atoms with van der Waals surface area (Å²) >= 11 is 3.48. The lowest BCUT2D eigenvalue weighted by atomic mass is 10.2. The molecular formula is C13H13BrN2O3. The van der Waals surface area contributed by atoms with Gasteiger partial charge in [-0.1, -0.05) is 5.16 Å². The van der Waals surface area contributed by atoms with Gasteiger partial charge in [-0.05, 0) is 40.5 Å². The number of nitrogens with zero attached hydrogens (tertiary/aromatic N) is 1. The maximum Gasteiger partial charge on any atom is 0.231 e. The largest absolute Gasteiger partial charge is 0.454 e. The van der Waals surface area contributed by atoms with Crippen molar-refractivity contribution < 1.29 is 14.0 Å². The van der Waals surface area contributed by atoms with Crippen LogP contribution in [-0.4, -0.2) is 11.9 Å². The van der Waals surface area contributed by atoms with Gasteiger partial charge in [-0.2, -0.15) is 0 Å². The van der Waals surface area contributed by atoms with E-state index in [9.17, 15) is 0 Å². The number of benzene rings is 1. The van der Waals surface area contributed by atoms with Crippen molar-refractivity contribution in [3.8, 4) is 11.5 Å². The predicted octanol–water partition coefficient (Wildman–Crippen LogP) is 2.76. The third kappa shape index (κ3) is 2.74. The zero-order chi connectivity index (χ0) is 13.2. The average Bonchev–Trinajstić information content (AvgIpc) is 2.98. The van der Waals surface area contributed by atoms with E-state index in [1.54, 1.807) is 0 Å². The molecule has 0 unspecified atom stereocenters. The van der Waals surface area contributed by atoms with Crippen molar-refractivity contribution >= 4 is 15.9 Å². The summed E-state index contributed by atoms with van der Waals surface area (Å²) in [4.78, 5) is 0. The summed E-state index contributed by atoms with van der Waals surface area (Å²) in [5.74, 6) is 2.38. The summed E-state index contributed by atoms with van der Waals surface area (Å²) in [5.41, 5.74) is 2.01. The number of hydrogen-bond donors (Lipinski definition) is 1. The molecule has 0 spiro atoms. The van der Waals surface area contributed by atoms with E-state index in [0.717, 1.165) is 39.5 Å². The topological polar surface area (TPSA) is 56.5 Å². The van der Waals surface area contributed by atoms with E-state index in [1.165, 1.54) is 0 Å². The number of ether oxygens (including phenoxy) is 2. The molecule has 0 saturated carbocycles. The van der Waals surface area contributed by atoms with Gasteiger partial charge in [0.15, 0.2) is 17.3 Å². The van der Waals surface area contributed by atoms with Gasteiger partial charge in [0.2, 0.25) is 6.79 Å².